The van der Waals surface area contributed by atoms with E-state index in [1.807, 2.05) is 0 Å². The Kier molecular flexibility index (Phi) is 3.51. The monoisotopic (exact) mass is 223 g/mol. The number of phenols is 1. The lowest BCUT2D eigenvalue weighted by Crippen LogP contribution is -2.16. The summed E-state index contributed by atoms with van der Waals surface area (Å²) in [7, 11) is 0. The molecule has 0 radical (unpaired) electrons. The average molecular weight is 223 g/mol. The Balaban J connectivity index is 2.18. The number of hydrogen-bond donors (Lipinski definition) is 2. The van der Waals surface area contributed by atoms with Gasteiger partial charge < -0.3 is 20.3 Å². The van der Waals surface area contributed by atoms with Crippen molar-refractivity contribution in [3.8, 4) is 17.2 Å². The quantitative estimate of drug-likeness (QED) is 0.758. The van der Waals surface area contributed by atoms with Crippen molar-refractivity contribution >= 4 is 0 Å². The molecule has 0 amide bonds. The topological polar surface area (TPSA) is 64.7 Å². The maximum absolute atomic E-state index is 9.57. The normalized spacial score (nSPS) is 13.8. The van der Waals surface area contributed by atoms with Crippen molar-refractivity contribution in [1.82, 2.24) is 0 Å². The third-order valence-electron chi connectivity index (χ3n) is 2.60. The van der Waals surface area contributed by atoms with Gasteiger partial charge in [0.15, 0.2) is 11.5 Å². The Hall–Kier alpha value is -1.42. The molecular formula is C12H17NO3. The van der Waals surface area contributed by atoms with Crippen molar-refractivity contribution in [3.63, 3.8) is 0 Å². The minimum atomic E-state index is 0.229. The van der Waals surface area contributed by atoms with Crippen LogP contribution in [-0.2, 0) is 6.42 Å². The Morgan fingerprint density at radius 2 is 2.00 bits per heavy atom. The maximum Gasteiger partial charge on any atom is 0.165 e. The van der Waals surface area contributed by atoms with Gasteiger partial charge in [-0.15, -0.1) is 0 Å². The summed E-state index contributed by atoms with van der Waals surface area (Å²) in [5.74, 6) is 1.65. The van der Waals surface area contributed by atoms with Crippen molar-refractivity contribution in [2.24, 2.45) is 5.73 Å². The van der Waals surface area contributed by atoms with Gasteiger partial charge in [-0.1, -0.05) is 0 Å². The predicted octanol–water partition coefficient (Wildman–Crippen LogP) is 1.44. The number of aromatic hydroxyl groups is 1. The second-order valence-corrected chi connectivity index (χ2v) is 3.87. The minimum Gasteiger partial charge on any atom is -0.508 e. The lowest BCUT2D eigenvalue weighted by atomic mass is 10.1. The molecule has 0 fully saturated rings. The van der Waals surface area contributed by atoms with Gasteiger partial charge in [0.25, 0.3) is 0 Å². The minimum absolute atomic E-state index is 0.229. The zero-order valence-corrected chi connectivity index (χ0v) is 9.24. The molecule has 88 valence electrons. The fourth-order valence-electron chi connectivity index (χ4n) is 1.86. The molecule has 2 rings (SSSR count). The Morgan fingerprint density at radius 3 is 2.81 bits per heavy atom. The van der Waals surface area contributed by atoms with Gasteiger partial charge in [0.1, 0.15) is 19.0 Å². The molecule has 4 heteroatoms. The molecule has 1 heterocycles. The summed E-state index contributed by atoms with van der Waals surface area (Å²) in [6.07, 6.45) is 2.83. The molecule has 1 aromatic rings. The van der Waals surface area contributed by atoms with Gasteiger partial charge >= 0.3 is 0 Å². The molecule has 0 atom stereocenters. The summed E-state index contributed by atoms with van der Waals surface area (Å²) in [6, 6.07) is 3.34. The molecule has 0 aromatic heterocycles. The van der Waals surface area contributed by atoms with Gasteiger partial charge in [0.05, 0.1) is 0 Å². The van der Waals surface area contributed by atoms with E-state index in [0.717, 1.165) is 30.6 Å². The van der Waals surface area contributed by atoms with E-state index < -0.39 is 0 Å². The SMILES string of the molecule is NCCCCc1cc(O)cc2c1OCCO2. The molecule has 1 aliphatic heterocycles. The first-order valence-corrected chi connectivity index (χ1v) is 5.63. The summed E-state index contributed by atoms with van der Waals surface area (Å²) in [5.41, 5.74) is 6.46. The molecule has 0 bridgehead atoms. The highest BCUT2D eigenvalue weighted by Crippen LogP contribution is 2.38. The molecule has 1 aromatic carbocycles. The van der Waals surface area contributed by atoms with Crippen LogP contribution in [-0.4, -0.2) is 24.9 Å². The maximum atomic E-state index is 9.57. The molecule has 16 heavy (non-hydrogen) atoms. The van der Waals surface area contributed by atoms with Crippen LogP contribution in [0.15, 0.2) is 12.1 Å². The first-order chi connectivity index (χ1) is 7.81. The largest absolute Gasteiger partial charge is 0.508 e. The van der Waals surface area contributed by atoms with Gasteiger partial charge in [-0.25, -0.2) is 0 Å². The van der Waals surface area contributed by atoms with E-state index in [1.54, 1.807) is 12.1 Å². The van der Waals surface area contributed by atoms with E-state index in [9.17, 15) is 5.11 Å². The van der Waals surface area contributed by atoms with Crippen LogP contribution in [0.25, 0.3) is 0 Å². The molecule has 0 spiro atoms. The number of ether oxygens (including phenoxy) is 2. The predicted molar refractivity (Wildman–Crippen MR) is 61.1 cm³/mol. The highest BCUT2D eigenvalue weighted by atomic mass is 16.6. The van der Waals surface area contributed by atoms with E-state index in [-0.39, 0.29) is 5.75 Å². The molecule has 0 unspecified atom stereocenters. The molecule has 3 N–H and O–H groups in total. The molecule has 0 saturated carbocycles. The lowest BCUT2D eigenvalue weighted by molar-refractivity contribution is 0.169. The van der Waals surface area contributed by atoms with Crippen LogP contribution in [0.1, 0.15) is 18.4 Å². The summed E-state index contributed by atoms with van der Waals surface area (Å²) in [6.45, 7) is 1.80. The van der Waals surface area contributed by atoms with Crippen LogP contribution >= 0.6 is 0 Å². The van der Waals surface area contributed by atoms with E-state index >= 15 is 0 Å². The number of nitrogens with two attached hydrogens (primary N) is 1. The molecule has 4 nitrogen and oxygen atoms in total. The first-order valence-electron chi connectivity index (χ1n) is 5.63. The van der Waals surface area contributed by atoms with Crippen molar-refractivity contribution in [3.05, 3.63) is 17.7 Å². The number of fused-ring (bicyclic) bond motifs is 1. The lowest BCUT2D eigenvalue weighted by Gasteiger charge is -2.21. The van der Waals surface area contributed by atoms with Crippen LogP contribution < -0.4 is 15.2 Å². The summed E-state index contributed by atoms with van der Waals surface area (Å²) < 4.78 is 11.0. The number of aryl methyl sites for hydroxylation is 1. The van der Waals surface area contributed by atoms with E-state index in [1.165, 1.54) is 0 Å². The van der Waals surface area contributed by atoms with Gasteiger partial charge in [-0.05, 0) is 31.9 Å². The van der Waals surface area contributed by atoms with Crippen molar-refractivity contribution in [2.45, 2.75) is 19.3 Å². The zero-order valence-electron chi connectivity index (χ0n) is 9.24. The van der Waals surface area contributed by atoms with Crippen LogP contribution in [0.5, 0.6) is 17.2 Å². The molecular weight excluding hydrogens is 206 g/mol. The summed E-state index contributed by atoms with van der Waals surface area (Å²) >= 11 is 0. The van der Waals surface area contributed by atoms with Gasteiger partial charge in [0.2, 0.25) is 0 Å². The van der Waals surface area contributed by atoms with Gasteiger partial charge in [0, 0.05) is 11.6 Å². The summed E-state index contributed by atoms with van der Waals surface area (Å²) in [5, 5.41) is 9.57. The van der Waals surface area contributed by atoms with E-state index in [2.05, 4.69) is 0 Å². The fourth-order valence-corrected chi connectivity index (χ4v) is 1.86. The van der Waals surface area contributed by atoms with Crippen LogP contribution in [0.2, 0.25) is 0 Å². The second kappa shape index (κ2) is 5.07. The number of hydrogen-bond acceptors (Lipinski definition) is 4. The van der Waals surface area contributed by atoms with Crippen molar-refractivity contribution in [1.29, 1.82) is 0 Å². The first kappa shape index (κ1) is 11.1. The third-order valence-corrected chi connectivity index (χ3v) is 2.60. The highest BCUT2D eigenvalue weighted by Gasteiger charge is 2.17. The standard InChI is InChI=1S/C12H17NO3/c13-4-2-1-3-9-7-10(14)8-11-12(9)16-6-5-15-11/h7-8,14H,1-6,13H2. The van der Waals surface area contributed by atoms with E-state index in [4.69, 9.17) is 15.2 Å². The molecule has 1 aliphatic rings. The van der Waals surface area contributed by atoms with Crippen LogP contribution in [0.3, 0.4) is 0 Å². The van der Waals surface area contributed by atoms with Crippen molar-refractivity contribution < 1.29 is 14.6 Å². The average Bonchev–Trinajstić information content (AvgIpc) is 2.29. The van der Waals surface area contributed by atoms with Crippen LogP contribution in [0.4, 0.5) is 0 Å². The molecule has 0 aliphatic carbocycles. The van der Waals surface area contributed by atoms with Gasteiger partial charge in [-0.2, -0.15) is 0 Å². The summed E-state index contributed by atoms with van der Waals surface area (Å²) in [4.78, 5) is 0. The molecule has 0 saturated heterocycles. The smallest absolute Gasteiger partial charge is 0.165 e. The highest BCUT2D eigenvalue weighted by molar-refractivity contribution is 5.52. The van der Waals surface area contributed by atoms with E-state index in [0.29, 0.717) is 25.5 Å². The number of unbranched alkanes of at least 4 members (excludes halogenated alkanes) is 1. The Bertz CT molecular complexity index is 366. The number of phenolic OH excluding ortho intramolecular Hbond substituents is 1. The number of rotatable bonds is 4. The Morgan fingerprint density at radius 1 is 1.19 bits per heavy atom. The Labute approximate surface area is 95.0 Å². The van der Waals surface area contributed by atoms with Gasteiger partial charge in [-0.3, -0.25) is 0 Å². The zero-order chi connectivity index (χ0) is 11.4. The number of benzene rings is 1. The second-order valence-electron chi connectivity index (χ2n) is 3.87. The van der Waals surface area contributed by atoms with Crippen molar-refractivity contribution in [2.75, 3.05) is 19.8 Å². The van der Waals surface area contributed by atoms with Crippen LogP contribution in [0, 0.1) is 0 Å². The fraction of sp³-hybridized carbons (Fsp3) is 0.500. The third kappa shape index (κ3) is 2.39.